The molecule has 2 saturated heterocycles. The van der Waals surface area contributed by atoms with Crippen LogP contribution >= 0.6 is 0 Å². The standard InChI is InChI=1S/C18H22N4O2S/c1-14-2-4-15(5-3-14)8-11-25(23,24)21-16-6-7-17(21)13-18(12-16)22-19-9-10-20-22/h2-5,8-11,16-18H,6-7,12-13H2,1H3/b11-8+. The van der Waals surface area contributed by atoms with Crippen LogP contribution in [0.3, 0.4) is 0 Å². The van der Waals surface area contributed by atoms with Crippen molar-refractivity contribution in [2.75, 3.05) is 0 Å². The van der Waals surface area contributed by atoms with Gasteiger partial charge in [-0.3, -0.25) is 0 Å². The number of nitrogens with zero attached hydrogens (tertiary/aromatic N) is 4. The zero-order valence-corrected chi connectivity index (χ0v) is 15.0. The van der Waals surface area contributed by atoms with Crippen molar-refractivity contribution in [3.63, 3.8) is 0 Å². The second-order valence-corrected chi connectivity index (χ2v) is 8.67. The molecule has 2 aliphatic rings. The largest absolute Gasteiger partial charge is 0.236 e. The van der Waals surface area contributed by atoms with Gasteiger partial charge in [-0.2, -0.15) is 19.3 Å². The Hall–Kier alpha value is -1.99. The summed E-state index contributed by atoms with van der Waals surface area (Å²) in [6.07, 6.45) is 8.44. The molecule has 6 nitrogen and oxygen atoms in total. The van der Waals surface area contributed by atoms with Gasteiger partial charge in [0.25, 0.3) is 0 Å². The van der Waals surface area contributed by atoms with Crippen molar-refractivity contribution < 1.29 is 8.42 Å². The lowest BCUT2D eigenvalue weighted by atomic mass is 10.0. The fraction of sp³-hybridized carbons (Fsp3) is 0.444. The predicted molar refractivity (Wildman–Crippen MR) is 96.1 cm³/mol. The Morgan fingerprint density at radius 3 is 2.20 bits per heavy atom. The second kappa shape index (κ2) is 6.38. The fourth-order valence-corrected chi connectivity index (χ4v) is 5.72. The zero-order valence-electron chi connectivity index (χ0n) is 14.2. The van der Waals surface area contributed by atoms with Gasteiger partial charge in [0, 0.05) is 17.5 Å². The maximum atomic E-state index is 12.9. The lowest BCUT2D eigenvalue weighted by Gasteiger charge is -2.36. The van der Waals surface area contributed by atoms with Crippen LogP contribution in [0.1, 0.15) is 42.9 Å². The molecule has 0 aliphatic carbocycles. The van der Waals surface area contributed by atoms with Crippen molar-refractivity contribution in [3.05, 3.63) is 53.2 Å². The van der Waals surface area contributed by atoms with Gasteiger partial charge in [-0.15, -0.1) is 0 Å². The van der Waals surface area contributed by atoms with Gasteiger partial charge in [0.15, 0.2) is 0 Å². The summed E-state index contributed by atoms with van der Waals surface area (Å²) >= 11 is 0. The highest BCUT2D eigenvalue weighted by atomic mass is 32.2. The van der Waals surface area contributed by atoms with E-state index in [-0.39, 0.29) is 18.1 Å². The molecule has 1 aromatic carbocycles. The highest BCUT2D eigenvalue weighted by Gasteiger charge is 2.46. The van der Waals surface area contributed by atoms with E-state index in [1.165, 1.54) is 5.41 Å². The number of sulfonamides is 1. The molecule has 3 heterocycles. The SMILES string of the molecule is Cc1ccc(/C=C/S(=O)(=O)N2C3CCC2CC(n2nccn2)C3)cc1. The minimum Gasteiger partial charge on any atom is -0.207 e. The van der Waals surface area contributed by atoms with Gasteiger partial charge in [0.2, 0.25) is 10.0 Å². The maximum absolute atomic E-state index is 12.9. The summed E-state index contributed by atoms with van der Waals surface area (Å²) in [7, 11) is -3.42. The first-order valence-electron chi connectivity index (χ1n) is 8.67. The molecule has 2 atom stereocenters. The van der Waals surface area contributed by atoms with Crippen LogP contribution in [0.4, 0.5) is 0 Å². The monoisotopic (exact) mass is 358 g/mol. The van der Waals surface area contributed by atoms with Crippen LogP contribution in [0.25, 0.3) is 6.08 Å². The van der Waals surface area contributed by atoms with Crippen LogP contribution in [0.15, 0.2) is 42.1 Å². The number of hydrogen-bond acceptors (Lipinski definition) is 4. The van der Waals surface area contributed by atoms with Crippen LogP contribution in [-0.4, -0.2) is 39.8 Å². The highest BCUT2D eigenvalue weighted by molar-refractivity contribution is 7.92. The molecule has 25 heavy (non-hydrogen) atoms. The Balaban J connectivity index is 1.52. The van der Waals surface area contributed by atoms with E-state index in [2.05, 4.69) is 10.2 Å². The minimum absolute atomic E-state index is 0.0439. The van der Waals surface area contributed by atoms with Crippen LogP contribution in [0.5, 0.6) is 0 Å². The molecule has 2 bridgehead atoms. The van der Waals surface area contributed by atoms with Gasteiger partial charge < -0.3 is 0 Å². The van der Waals surface area contributed by atoms with Crippen LogP contribution < -0.4 is 0 Å². The smallest absolute Gasteiger partial charge is 0.207 e. The van der Waals surface area contributed by atoms with E-state index in [1.54, 1.807) is 27.6 Å². The lowest BCUT2D eigenvalue weighted by Crippen LogP contribution is -2.46. The Labute approximate surface area is 148 Å². The number of benzene rings is 1. The summed E-state index contributed by atoms with van der Waals surface area (Å²) in [5, 5.41) is 9.82. The first kappa shape index (κ1) is 16.5. The molecule has 2 fully saturated rings. The van der Waals surface area contributed by atoms with Gasteiger partial charge in [-0.1, -0.05) is 29.8 Å². The van der Waals surface area contributed by atoms with E-state index in [0.29, 0.717) is 0 Å². The van der Waals surface area contributed by atoms with Gasteiger partial charge in [0.05, 0.1) is 18.4 Å². The van der Waals surface area contributed by atoms with E-state index < -0.39 is 10.0 Å². The maximum Gasteiger partial charge on any atom is 0.236 e. The molecule has 1 aromatic heterocycles. The van der Waals surface area contributed by atoms with E-state index in [0.717, 1.165) is 36.8 Å². The molecule has 7 heteroatoms. The van der Waals surface area contributed by atoms with E-state index >= 15 is 0 Å². The summed E-state index contributed by atoms with van der Waals surface area (Å²) in [5.74, 6) is 0. The van der Waals surface area contributed by atoms with E-state index in [9.17, 15) is 8.42 Å². The van der Waals surface area contributed by atoms with Crippen LogP contribution in [-0.2, 0) is 10.0 Å². The van der Waals surface area contributed by atoms with Crippen molar-refractivity contribution >= 4 is 16.1 Å². The molecule has 2 unspecified atom stereocenters. The summed E-state index contributed by atoms with van der Waals surface area (Å²) in [5.41, 5.74) is 2.06. The van der Waals surface area contributed by atoms with Crippen LogP contribution in [0.2, 0.25) is 0 Å². The van der Waals surface area contributed by atoms with Crippen LogP contribution in [0, 0.1) is 6.92 Å². The molecular formula is C18H22N4O2S. The molecule has 0 spiro atoms. The van der Waals surface area contributed by atoms with Crippen molar-refractivity contribution in [1.82, 2.24) is 19.3 Å². The number of aryl methyl sites for hydroxylation is 1. The molecule has 0 radical (unpaired) electrons. The normalized spacial score (nSPS) is 27.2. The number of rotatable bonds is 4. The summed E-state index contributed by atoms with van der Waals surface area (Å²) in [6.45, 7) is 2.01. The summed E-state index contributed by atoms with van der Waals surface area (Å²) in [4.78, 5) is 1.73. The Bertz CT molecular complexity index is 845. The second-order valence-electron chi connectivity index (χ2n) is 6.95. The van der Waals surface area contributed by atoms with Gasteiger partial charge in [-0.05, 0) is 44.2 Å². The lowest BCUT2D eigenvalue weighted by molar-refractivity contribution is 0.176. The zero-order chi connectivity index (χ0) is 17.4. The van der Waals surface area contributed by atoms with Gasteiger partial charge >= 0.3 is 0 Å². The fourth-order valence-electron chi connectivity index (χ4n) is 4.04. The van der Waals surface area contributed by atoms with E-state index in [4.69, 9.17) is 0 Å². The molecule has 2 aliphatic heterocycles. The molecule has 0 amide bonds. The average Bonchev–Trinajstić information content (AvgIpc) is 3.22. The third-order valence-corrected chi connectivity index (χ3v) is 6.87. The van der Waals surface area contributed by atoms with Crippen molar-refractivity contribution in [2.45, 2.75) is 50.7 Å². The molecule has 0 saturated carbocycles. The predicted octanol–water partition coefficient (Wildman–Crippen LogP) is 2.76. The number of aromatic nitrogens is 3. The molecule has 2 aromatic rings. The highest BCUT2D eigenvalue weighted by Crippen LogP contribution is 2.42. The third-order valence-electron chi connectivity index (χ3n) is 5.21. The van der Waals surface area contributed by atoms with Gasteiger partial charge in [0.1, 0.15) is 0 Å². The Kier molecular flexibility index (Phi) is 4.21. The van der Waals surface area contributed by atoms with Crippen molar-refractivity contribution in [3.8, 4) is 0 Å². The first-order valence-corrected chi connectivity index (χ1v) is 10.2. The minimum atomic E-state index is -3.42. The molecule has 4 rings (SSSR count). The average molecular weight is 358 g/mol. The Morgan fingerprint density at radius 2 is 1.60 bits per heavy atom. The van der Waals surface area contributed by atoms with E-state index in [1.807, 2.05) is 31.2 Å². The van der Waals surface area contributed by atoms with Crippen molar-refractivity contribution in [2.24, 2.45) is 0 Å². The van der Waals surface area contributed by atoms with Crippen molar-refractivity contribution in [1.29, 1.82) is 0 Å². The van der Waals surface area contributed by atoms with Gasteiger partial charge in [-0.25, -0.2) is 8.42 Å². The molecule has 0 N–H and O–H groups in total. The molecular weight excluding hydrogens is 336 g/mol. The molecule has 132 valence electrons. The third kappa shape index (κ3) is 3.26. The quantitative estimate of drug-likeness (QED) is 0.843. The first-order chi connectivity index (χ1) is 12.0. The topological polar surface area (TPSA) is 68.1 Å². The summed E-state index contributed by atoms with van der Waals surface area (Å²) in [6, 6.07) is 8.12. The number of hydrogen-bond donors (Lipinski definition) is 0. The number of piperidine rings is 1. The summed E-state index contributed by atoms with van der Waals surface area (Å²) < 4.78 is 27.5. The Morgan fingerprint density at radius 1 is 1.00 bits per heavy atom. The number of fused-ring (bicyclic) bond motifs is 2.